The molecule has 0 aromatic heterocycles. The molecule has 1 heterocycles. The van der Waals surface area contributed by atoms with Crippen molar-refractivity contribution < 1.29 is 9.90 Å². The lowest BCUT2D eigenvalue weighted by Crippen LogP contribution is -2.44. The fraction of sp³-hybridized carbons (Fsp3) is 0.318. The first-order chi connectivity index (χ1) is 12.9. The van der Waals surface area contributed by atoms with Crippen LogP contribution in [0.5, 0.6) is 5.75 Å². The maximum atomic E-state index is 12.5. The van der Waals surface area contributed by atoms with Crippen LogP contribution >= 0.6 is 11.8 Å². The summed E-state index contributed by atoms with van der Waals surface area (Å²) in [6, 6.07) is 17.2. The van der Waals surface area contributed by atoms with Crippen molar-refractivity contribution in [2.45, 2.75) is 23.5 Å². The van der Waals surface area contributed by atoms with E-state index in [1.54, 1.807) is 12.1 Å². The quantitative estimate of drug-likeness (QED) is 0.568. The highest BCUT2D eigenvalue weighted by Crippen LogP contribution is 2.55. The molecule has 2 atom stereocenters. The average molecular weight is 383 g/mol. The molecule has 1 fully saturated rings. The molecular formula is C22H26N2O2S. The molecule has 4 nitrogen and oxygen atoms in total. The third-order valence-corrected chi connectivity index (χ3v) is 6.74. The predicted molar refractivity (Wildman–Crippen MR) is 113 cm³/mol. The normalized spacial score (nSPS) is 21.9. The SMILES string of the molecule is C/C(=C\c1ccccc1)C(=O)NC[C@@]1(N(C)C)SC1Cc1ccc(O)cc1. The van der Waals surface area contributed by atoms with E-state index in [2.05, 4.69) is 24.3 Å². The van der Waals surface area contributed by atoms with Gasteiger partial charge >= 0.3 is 0 Å². The van der Waals surface area contributed by atoms with Crippen LogP contribution in [0, 0.1) is 0 Å². The van der Waals surface area contributed by atoms with Crippen LogP contribution in [0.3, 0.4) is 0 Å². The molecule has 2 N–H and O–H groups in total. The summed E-state index contributed by atoms with van der Waals surface area (Å²) in [7, 11) is 4.12. The maximum absolute atomic E-state index is 12.5. The summed E-state index contributed by atoms with van der Waals surface area (Å²) >= 11 is 1.88. The number of amides is 1. The Morgan fingerprint density at radius 2 is 1.85 bits per heavy atom. The van der Waals surface area contributed by atoms with Crippen molar-refractivity contribution in [3.05, 3.63) is 71.3 Å². The van der Waals surface area contributed by atoms with Gasteiger partial charge in [0.15, 0.2) is 0 Å². The number of benzene rings is 2. The Kier molecular flexibility index (Phi) is 5.92. The van der Waals surface area contributed by atoms with Crippen LogP contribution in [0.2, 0.25) is 0 Å². The minimum atomic E-state index is -0.0828. The molecule has 1 amide bonds. The van der Waals surface area contributed by atoms with Crippen molar-refractivity contribution in [3.8, 4) is 5.75 Å². The fourth-order valence-electron chi connectivity index (χ4n) is 3.18. The Balaban J connectivity index is 1.60. The second-order valence-electron chi connectivity index (χ2n) is 7.14. The zero-order chi connectivity index (χ0) is 19.4. The van der Waals surface area contributed by atoms with Crippen molar-refractivity contribution in [1.29, 1.82) is 0 Å². The van der Waals surface area contributed by atoms with E-state index in [1.807, 2.05) is 67.2 Å². The minimum Gasteiger partial charge on any atom is -0.508 e. The first kappa shape index (κ1) is 19.5. The summed E-state index contributed by atoms with van der Waals surface area (Å²) in [6.45, 7) is 2.45. The number of likely N-dealkylation sites (N-methyl/N-ethyl adjacent to an activating group) is 1. The molecule has 0 bridgehead atoms. The van der Waals surface area contributed by atoms with Crippen LogP contribution in [-0.2, 0) is 11.2 Å². The van der Waals surface area contributed by atoms with Gasteiger partial charge in [-0.25, -0.2) is 0 Å². The molecule has 0 saturated carbocycles. The third kappa shape index (κ3) is 4.73. The van der Waals surface area contributed by atoms with Crippen LogP contribution in [0.4, 0.5) is 0 Å². The number of aromatic hydroxyl groups is 1. The zero-order valence-electron chi connectivity index (χ0n) is 16.0. The third-order valence-electron chi connectivity index (χ3n) is 4.95. The summed E-state index contributed by atoms with van der Waals surface area (Å²) in [5.74, 6) is 0.255. The fourth-order valence-corrected chi connectivity index (χ4v) is 4.62. The highest BCUT2D eigenvalue weighted by atomic mass is 32.2. The Morgan fingerprint density at radius 1 is 1.19 bits per heavy atom. The minimum absolute atomic E-state index is 0.0315. The topological polar surface area (TPSA) is 52.6 Å². The summed E-state index contributed by atoms with van der Waals surface area (Å²) in [5, 5.41) is 12.9. The molecule has 0 spiro atoms. The summed E-state index contributed by atoms with van der Waals surface area (Å²) in [5.41, 5.74) is 2.93. The number of carbonyl (C=O) groups is 1. The van der Waals surface area contributed by atoms with Crippen molar-refractivity contribution in [1.82, 2.24) is 10.2 Å². The molecule has 27 heavy (non-hydrogen) atoms. The van der Waals surface area contributed by atoms with E-state index in [9.17, 15) is 9.90 Å². The largest absolute Gasteiger partial charge is 0.508 e. The molecule has 142 valence electrons. The lowest BCUT2D eigenvalue weighted by Gasteiger charge is -2.24. The number of thioether (sulfide) groups is 1. The van der Waals surface area contributed by atoms with E-state index in [-0.39, 0.29) is 16.5 Å². The lowest BCUT2D eigenvalue weighted by atomic mass is 10.0. The van der Waals surface area contributed by atoms with E-state index in [4.69, 9.17) is 0 Å². The Hall–Kier alpha value is -2.24. The van der Waals surface area contributed by atoms with Gasteiger partial charge in [0.05, 0.1) is 4.87 Å². The Morgan fingerprint density at radius 3 is 2.48 bits per heavy atom. The predicted octanol–water partition coefficient (Wildman–Crippen LogP) is 3.53. The Bertz CT molecular complexity index is 818. The molecule has 2 aromatic carbocycles. The average Bonchev–Trinajstić information content (AvgIpc) is 3.36. The zero-order valence-corrected chi connectivity index (χ0v) is 16.8. The molecular weight excluding hydrogens is 356 g/mol. The number of nitrogens with zero attached hydrogens (tertiary/aromatic N) is 1. The highest BCUT2D eigenvalue weighted by Gasteiger charge is 2.57. The summed E-state index contributed by atoms with van der Waals surface area (Å²) in [6.07, 6.45) is 2.82. The van der Waals surface area contributed by atoms with E-state index in [0.717, 1.165) is 12.0 Å². The smallest absolute Gasteiger partial charge is 0.247 e. The number of rotatable bonds is 7. The van der Waals surface area contributed by atoms with Gasteiger partial charge in [0.2, 0.25) is 5.91 Å². The maximum Gasteiger partial charge on any atom is 0.247 e. The number of hydrogen-bond acceptors (Lipinski definition) is 4. The van der Waals surface area contributed by atoms with E-state index < -0.39 is 0 Å². The van der Waals surface area contributed by atoms with Gasteiger partial charge in [-0.15, -0.1) is 11.8 Å². The lowest BCUT2D eigenvalue weighted by molar-refractivity contribution is -0.117. The highest BCUT2D eigenvalue weighted by molar-refractivity contribution is 8.08. The summed E-state index contributed by atoms with van der Waals surface area (Å²) < 4.78 is 0. The van der Waals surface area contributed by atoms with Crippen LogP contribution in [0.25, 0.3) is 6.08 Å². The second-order valence-corrected chi connectivity index (χ2v) is 8.65. The molecule has 1 saturated heterocycles. The van der Waals surface area contributed by atoms with Crippen molar-refractivity contribution in [2.75, 3.05) is 20.6 Å². The first-order valence-corrected chi connectivity index (χ1v) is 9.93. The standard InChI is InChI=1S/C22H26N2O2S/c1-16(13-17-7-5-4-6-8-17)21(26)23-15-22(24(2)3)20(27-22)14-18-9-11-19(25)12-10-18/h4-13,20,25H,14-15H2,1-3H3,(H,23,26)/b16-13+/t20?,22-/m1/s1. The number of phenols is 1. The van der Waals surface area contributed by atoms with Gasteiger partial charge in [-0.1, -0.05) is 42.5 Å². The molecule has 3 rings (SSSR count). The number of carbonyl (C=O) groups excluding carboxylic acids is 1. The van der Waals surface area contributed by atoms with Crippen molar-refractivity contribution >= 4 is 23.7 Å². The van der Waals surface area contributed by atoms with E-state index in [1.165, 1.54) is 5.56 Å². The van der Waals surface area contributed by atoms with Crippen LogP contribution in [0.15, 0.2) is 60.2 Å². The van der Waals surface area contributed by atoms with Crippen molar-refractivity contribution in [3.63, 3.8) is 0 Å². The monoisotopic (exact) mass is 382 g/mol. The number of hydrogen-bond donors (Lipinski definition) is 2. The number of nitrogens with one attached hydrogen (secondary N) is 1. The molecule has 5 heteroatoms. The van der Waals surface area contributed by atoms with Gasteiger partial charge in [-0.2, -0.15) is 0 Å². The number of phenolic OH excluding ortho intramolecular Hbond substituents is 1. The molecule has 0 aliphatic carbocycles. The van der Waals surface area contributed by atoms with Crippen LogP contribution in [-0.4, -0.2) is 46.7 Å². The first-order valence-electron chi connectivity index (χ1n) is 9.05. The molecule has 1 aliphatic heterocycles. The Labute approximate surface area is 165 Å². The van der Waals surface area contributed by atoms with Gasteiger partial charge in [-0.3, -0.25) is 9.69 Å². The van der Waals surface area contributed by atoms with Gasteiger partial charge in [0, 0.05) is 17.4 Å². The molecule has 2 aromatic rings. The second kappa shape index (κ2) is 8.19. The molecule has 1 unspecified atom stereocenters. The van der Waals surface area contributed by atoms with Gasteiger partial charge < -0.3 is 10.4 Å². The van der Waals surface area contributed by atoms with Gasteiger partial charge in [0.25, 0.3) is 0 Å². The van der Waals surface area contributed by atoms with Crippen LogP contribution in [0.1, 0.15) is 18.1 Å². The molecule has 1 aliphatic rings. The van der Waals surface area contributed by atoms with E-state index in [0.29, 0.717) is 17.4 Å². The van der Waals surface area contributed by atoms with Crippen LogP contribution < -0.4 is 5.32 Å². The van der Waals surface area contributed by atoms with Gasteiger partial charge in [-0.05, 0) is 56.8 Å². The molecule has 0 radical (unpaired) electrons. The summed E-state index contributed by atoms with van der Waals surface area (Å²) in [4.78, 5) is 14.6. The van der Waals surface area contributed by atoms with E-state index >= 15 is 0 Å². The van der Waals surface area contributed by atoms with Gasteiger partial charge in [0.1, 0.15) is 5.75 Å². The van der Waals surface area contributed by atoms with Crippen molar-refractivity contribution in [2.24, 2.45) is 0 Å².